The molecule has 1 atom stereocenters. The fourth-order valence-electron chi connectivity index (χ4n) is 4.14. The lowest BCUT2D eigenvalue weighted by molar-refractivity contribution is 0.0241. The van der Waals surface area contributed by atoms with Crippen LogP contribution in [-0.2, 0) is 11.2 Å². The van der Waals surface area contributed by atoms with E-state index in [0.29, 0.717) is 30.3 Å². The first-order valence-corrected chi connectivity index (χ1v) is 12.0. The molecule has 0 bridgehead atoms. The van der Waals surface area contributed by atoms with E-state index >= 15 is 0 Å². The van der Waals surface area contributed by atoms with Crippen LogP contribution in [0, 0.1) is 0 Å². The summed E-state index contributed by atoms with van der Waals surface area (Å²) in [5.41, 5.74) is 2.82. The number of anilines is 1. The fourth-order valence-corrected chi connectivity index (χ4v) is 5.17. The molecule has 6 nitrogen and oxygen atoms in total. The van der Waals surface area contributed by atoms with Crippen molar-refractivity contribution in [2.45, 2.75) is 19.4 Å². The van der Waals surface area contributed by atoms with Gasteiger partial charge in [0.25, 0.3) is 5.91 Å². The minimum absolute atomic E-state index is 0.0451. The summed E-state index contributed by atoms with van der Waals surface area (Å²) in [7, 11) is 3.29. The van der Waals surface area contributed by atoms with Gasteiger partial charge in [-0.2, -0.15) is 0 Å². The van der Waals surface area contributed by atoms with Gasteiger partial charge >= 0.3 is 0 Å². The van der Waals surface area contributed by atoms with Crippen LogP contribution in [0.5, 0.6) is 11.5 Å². The van der Waals surface area contributed by atoms with Crippen molar-refractivity contribution in [2.24, 2.45) is 0 Å². The SMILES string of the molecule is CCc1cc([C@H](c2ccc(OC)c(OC)c2)N2CCOCC2)c(NC(=O)c2ccccc2)s1. The van der Waals surface area contributed by atoms with Gasteiger partial charge in [-0.3, -0.25) is 9.69 Å². The Morgan fingerprint density at radius 3 is 2.45 bits per heavy atom. The highest BCUT2D eigenvalue weighted by Crippen LogP contribution is 2.42. The minimum atomic E-state index is -0.102. The van der Waals surface area contributed by atoms with Crippen molar-refractivity contribution in [3.8, 4) is 11.5 Å². The number of nitrogens with zero attached hydrogens (tertiary/aromatic N) is 1. The molecule has 2 heterocycles. The van der Waals surface area contributed by atoms with E-state index in [1.165, 1.54) is 4.88 Å². The monoisotopic (exact) mass is 466 g/mol. The van der Waals surface area contributed by atoms with Crippen molar-refractivity contribution in [3.63, 3.8) is 0 Å². The molecule has 1 fully saturated rings. The molecule has 1 aromatic heterocycles. The molecule has 0 aliphatic carbocycles. The van der Waals surface area contributed by atoms with Crippen LogP contribution in [0.25, 0.3) is 0 Å². The minimum Gasteiger partial charge on any atom is -0.493 e. The zero-order chi connectivity index (χ0) is 23.2. The molecule has 0 spiro atoms. The Labute approximate surface area is 199 Å². The Morgan fingerprint density at radius 1 is 1.06 bits per heavy atom. The van der Waals surface area contributed by atoms with E-state index in [9.17, 15) is 4.79 Å². The summed E-state index contributed by atoms with van der Waals surface area (Å²) in [6, 6.07) is 17.6. The summed E-state index contributed by atoms with van der Waals surface area (Å²) in [5, 5.41) is 4.07. The zero-order valence-electron chi connectivity index (χ0n) is 19.3. The summed E-state index contributed by atoms with van der Waals surface area (Å²) in [4.78, 5) is 16.6. The molecule has 1 saturated heterocycles. The van der Waals surface area contributed by atoms with Gasteiger partial charge in [-0.05, 0) is 42.3 Å². The first-order valence-electron chi connectivity index (χ1n) is 11.2. The number of methoxy groups -OCH3 is 2. The molecule has 0 saturated carbocycles. The number of carbonyl (C=O) groups is 1. The maximum Gasteiger partial charge on any atom is 0.256 e. The predicted molar refractivity (Wildman–Crippen MR) is 132 cm³/mol. The summed E-state index contributed by atoms with van der Waals surface area (Å²) >= 11 is 1.64. The van der Waals surface area contributed by atoms with Crippen LogP contribution >= 0.6 is 11.3 Å². The van der Waals surface area contributed by atoms with Gasteiger partial charge in [0, 0.05) is 29.1 Å². The molecule has 1 aliphatic rings. The fraction of sp³-hybridized carbons (Fsp3) is 0.346. The van der Waals surface area contributed by atoms with Crippen molar-refractivity contribution in [1.29, 1.82) is 0 Å². The number of aryl methyl sites for hydroxylation is 1. The molecule has 4 rings (SSSR count). The van der Waals surface area contributed by atoms with Gasteiger partial charge in [-0.15, -0.1) is 11.3 Å². The van der Waals surface area contributed by atoms with Crippen LogP contribution in [-0.4, -0.2) is 51.3 Å². The van der Waals surface area contributed by atoms with Crippen LogP contribution in [0.4, 0.5) is 5.00 Å². The lowest BCUT2D eigenvalue weighted by Gasteiger charge is -2.35. The maximum atomic E-state index is 13.0. The summed E-state index contributed by atoms with van der Waals surface area (Å²) < 4.78 is 16.7. The molecular weight excluding hydrogens is 436 g/mol. The normalized spacial score (nSPS) is 15.1. The molecule has 7 heteroatoms. The molecule has 33 heavy (non-hydrogen) atoms. The van der Waals surface area contributed by atoms with Crippen LogP contribution in [0.15, 0.2) is 54.6 Å². The number of rotatable bonds is 8. The summed E-state index contributed by atoms with van der Waals surface area (Å²) in [6.07, 6.45) is 0.903. The number of nitrogens with one attached hydrogen (secondary N) is 1. The Morgan fingerprint density at radius 2 is 1.79 bits per heavy atom. The van der Waals surface area contributed by atoms with Crippen LogP contribution < -0.4 is 14.8 Å². The lowest BCUT2D eigenvalue weighted by atomic mass is 9.97. The van der Waals surface area contributed by atoms with Gasteiger partial charge in [-0.25, -0.2) is 0 Å². The maximum absolute atomic E-state index is 13.0. The zero-order valence-corrected chi connectivity index (χ0v) is 20.1. The van der Waals surface area contributed by atoms with Crippen molar-refractivity contribution in [2.75, 3.05) is 45.8 Å². The third-order valence-electron chi connectivity index (χ3n) is 5.85. The van der Waals surface area contributed by atoms with Crippen molar-refractivity contribution in [1.82, 2.24) is 4.90 Å². The quantitative estimate of drug-likeness (QED) is 0.506. The number of morpholine rings is 1. The highest BCUT2D eigenvalue weighted by atomic mass is 32.1. The van der Waals surface area contributed by atoms with E-state index in [4.69, 9.17) is 14.2 Å². The topological polar surface area (TPSA) is 60.0 Å². The van der Waals surface area contributed by atoms with E-state index < -0.39 is 0 Å². The average molecular weight is 467 g/mol. The Kier molecular flexibility index (Phi) is 7.65. The van der Waals surface area contributed by atoms with E-state index in [0.717, 1.165) is 35.6 Å². The number of hydrogen-bond acceptors (Lipinski definition) is 6. The number of thiophene rings is 1. The second-order valence-corrected chi connectivity index (χ2v) is 8.97. The van der Waals surface area contributed by atoms with Crippen molar-refractivity contribution in [3.05, 3.63) is 76.2 Å². The average Bonchev–Trinajstić information content (AvgIpc) is 3.27. The molecule has 1 aliphatic heterocycles. The number of ether oxygens (including phenoxy) is 3. The van der Waals surface area contributed by atoms with E-state index in [1.54, 1.807) is 25.6 Å². The van der Waals surface area contributed by atoms with Gasteiger partial charge in [0.1, 0.15) is 5.00 Å². The van der Waals surface area contributed by atoms with E-state index in [-0.39, 0.29) is 11.9 Å². The standard InChI is InChI=1S/C26H30N2O4S/c1-4-20-17-21(26(33-20)27-25(29)18-8-6-5-7-9-18)24(28-12-14-32-15-13-28)19-10-11-22(30-2)23(16-19)31-3/h5-11,16-17,24H,4,12-15H2,1-3H3,(H,27,29)/t24-/m0/s1. The highest BCUT2D eigenvalue weighted by molar-refractivity contribution is 7.16. The van der Waals surface area contributed by atoms with Crippen molar-refractivity contribution < 1.29 is 19.0 Å². The smallest absolute Gasteiger partial charge is 0.256 e. The summed E-state index contributed by atoms with van der Waals surface area (Å²) in [6.45, 7) is 5.11. The molecule has 0 radical (unpaired) electrons. The first kappa shape index (κ1) is 23.3. The Bertz CT molecular complexity index is 1080. The first-order chi connectivity index (χ1) is 16.1. The number of carbonyl (C=O) groups excluding carboxylic acids is 1. The predicted octanol–water partition coefficient (Wildman–Crippen LogP) is 5.00. The summed E-state index contributed by atoms with van der Waals surface area (Å²) in [5.74, 6) is 1.28. The number of hydrogen-bond donors (Lipinski definition) is 1. The number of amides is 1. The number of benzene rings is 2. The van der Waals surface area contributed by atoms with Gasteiger partial charge in [0.15, 0.2) is 11.5 Å². The van der Waals surface area contributed by atoms with Gasteiger partial charge in [-0.1, -0.05) is 31.2 Å². The largest absolute Gasteiger partial charge is 0.493 e. The third-order valence-corrected chi connectivity index (χ3v) is 7.06. The van der Waals surface area contributed by atoms with Gasteiger partial charge < -0.3 is 19.5 Å². The van der Waals surface area contributed by atoms with Gasteiger partial charge in [0.2, 0.25) is 0 Å². The van der Waals surface area contributed by atoms with Gasteiger partial charge in [0.05, 0.1) is 33.5 Å². The lowest BCUT2D eigenvalue weighted by Crippen LogP contribution is -2.39. The Hall–Kier alpha value is -2.87. The second kappa shape index (κ2) is 10.8. The molecule has 3 aromatic rings. The third kappa shape index (κ3) is 5.21. The molecule has 174 valence electrons. The van der Waals surface area contributed by atoms with E-state index in [1.807, 2.05) is 42.5 Å². The molecule has 0 unspecified atom stereocenters. The molecule has 1 N–H and O–H groups in total. The molecule has 1 amide bonds. The Balaban J connectivity index is 1.77. The second-order valence-electron chi connectivity index (χ2n) is 7.84. The van der Waals surface area contributed by atoms with Crippen LogP contribution in [0.2, 0.25) is 0 Å². The van der Waals surface area contributed by atoms with Crippen LogP contribution in [0.3, 0.4) is 0 Å². The van der Waals surface area contributed by atoms with Crippen LogP contribution in [0.1, 0.15) is 39.3 Å². The van der Waals surface area contributed by atoms with E-state index in [2.05, 4.69) is 29.3 Å². The highest BCUT2D eigenvalue weighted by Gasteiger charge is 2.29. The van der Waals surface area contributed by atoms with Crippen molar-refractivity contribution >= 4 is 22.2 Å². The molecule has 2 aromatic carbocycles. The molecular formula is C26H30N2O4S.